The van der Waals surface area contributed by atoms with Crippen LogP contribution in [0.15, 0.2) is 24.3 Å². The van der Waals surface area contributed by atoms with Crippen LogP contribution in [0.5, 0.6) is 0 Å². The lowest BCUT2D eigenvalue weighted by Gasteiger charge is -2.14. The van der Waals surface area contributed by atoms with E-state index in [1.807, 2.05) is 6.07 Å². The van der Waals surface area contributed by atoms with Crippen molar-refractivity contribution in [3.05, 3.63) is 35.5 Å². The number of methoxy groups -OCH3 is 1. The van der Waals surface area contributed by atoms with Gasteiger partial charge in [-0.2, -0.15) is 0 Å². The van der Waals surface area contributed by atoms with E-state index in [-0.39, 0.29) is 17.2 Å². The number of esters is 1. The van der Waals surface area contributed by atoms with E-state index < -0.39 is 5.97 Å². The molecule has 1 aromatic carbocycles. The molecule has 0 aliphatic rings. The van der Waals surface area contributed by atoms with Gasteiger partial charge < -0.3 is 9.72 Å². The van der Waals surface area contributed by atoms with Crippen molar-refractivity contribution in [1.29, 1.82) is 0 Å². The van der Waals surface area contributed by atoms with Crippen molar-refractivity contribution in [2.45, 2.75) is 0 Å². The maximum Gasteiger partial charge on any atom is 0.340 e. The third kappa shape index (κ3) is 2.17. The van der Waals surface area contributed by atoms with Crippen molar-refractivity contribution >= 4 is 22.8 Å². The average Bonchev–Trinajstić information content (AvgIpc) is 2.84. The van der Waals surface area contributed by atoms with Gasteiger partial charge in [-0.25, -0.2) is 10.2 Å². The minimum absolute atomic E-state index is 0.213. The van der Waals surface area contributed by atoms with Gasteiger partial charge in [-0.05, 0) is 6.07 Å². The number of hydrazine groups is 1. The highest BCUT2D eigenvalue weighted by atomic mass is 16.5. The second-order valence-electron chi connectivity index (χ2n) is 4.00. The number of nitrogens with zero attached hydrogens (tertiary/aromatic N) is 1. The van der Waals surface area contributed by atoms with Crippen LogP contribution in [0.1, 0.15) is 20.8 Å². The van der Waals surface area contributed by atoms with Crippen LogP contribution in [-0.2, 0) is 4.74 Å². The third-order valence-electron chi connectivity index (χ3n) is 2.95. The standard InChI is InChI=1S/C13H15N3O3/c1-14-16(2)12(17)11-10(13(18)19-3)8-6-4-5-7-9(8)15-11/h4-7,14-15H,1-3H3. The molecule has 0 radical (unpaired) electrons. The lowest BCUT2D eigenvalue weighted by Crippen LogP contribution is -2.37. The van der Waals surface area contributed by atoms with Crippen LogP contribution in [0.2, 0.25) is 0 Å². The summed E-state index contributed by atoms with van der Waals surface area (Å²) in [6.45, 7) is 0. The van der Waals surface area contributed by atoms with Crippen LogP contribution in [0, 0.1) is 0 Å². The minimum Gasteiger partial charge on any atom is -0.465 e. The second kappa shape index (κ2) is 5.11. The van der Waals surface area contributed by atoms with Gasteiger partial charge in [0, 0.05) is 25.0 Å². The van der Waals surface area contributed by atoms with Crippen molar-refractivity contribution in [2.75, 3.05) is 21.2 Å². The first-order valence-electron chi connectivity index (χ1n) is 5.74. The number of benzene rings is 1. The number of hydrogen-bond donors (Lipinski definition) is 2. The normalized spacial score (nSPS) is 10.5. The van der Waals surface area contributed by atoms with Crippen molar-refractivity contribution < 1.29 is 14.3 Å². The molecular formula is C13H15N3O3. The Balaban J connectivity index is 2.66. The summed E-state index contributed by atoms with van der Waals surface area (Å²) in [5.74, 6) is -0.871. The van der Waals surface area contributed by atoms with Gasteiger partial charge in [0.1, 0.15) is 5.69 Å². The Morgan fingerprint density at radius 3 is 2.63 bits per heavy atom. The van der Waals surface area contributed by atoms with Crippen LogP contribution in [-0.4, -0.2) is 43.1 Å². The SMILES string of the molecule is CNN(C)C(=O)c1[nH]c2ccccc2c1C(=O)OC. The highest BCUT2D eigenvalue weighted by molar-refractivity contribution is 6.13. The van der Waals surface area contributed by atoms with Crippen LogP contribution in [0.3, 0.4) is 0 Å². The molecular weight excluding hydrogens is 246 g/mol. The lowest BCUT2D eigenvalue weighted by atomic mass is 10.1. The molecule has 2 aromatic rings. The summed E-state index contributed by atoms with van der Waals surface area (Å²) in [7, 11) is 4.49. The van der Waals surface area contributed by atoms with E-state index in [2.05, 4.69) is 10.4 Å². The topological polar surface area (TPSA) is 74.4 Å². The molecule has 6 heteroatoms. The fraction of sp³-hybridized carbons (Fsp3) is 0.231. The molecule has 0 aliphatic heterocycles. The Bertz CT molecular complexity index is 633. The van der Waals surface area contributed by atoms with E-state index in [1.165, 1.54) is 12.1 Å². The van der Waals surface area contributed by atoms with E-state index >= 15 is 0 Å². The Morgan fingerprint density at radius 1 is 1.32 bits per heavy atom. The number of para-hydroxylation sites is 1. The molecule has 2 rings (SSSR count). The van der Waals surface area contributed by atoms with Gasteiger partial charge >= 0.3 is 5.97 Å². The van der Waals surface area contributed by atoms with Gasteiger partial charge in [0.15, 0.2) is 0 Å². The number of nitrogens with one attached hydrogen (secondary N) is 2. The maximum atomic E-state index is 12.2. The first kappa shape index (κ1) is 13.1. The summed E-state index contributed by atoms with van der Waals surface area (Å²) in [6.07, 6.45) is 0. The highest BCUT2D eigenvalue weighted by Crippen LogP contribution is 2.23. The molecule has 1 aromatic heterocycles. The van der Waals surface area contributed by atoms with Gasteiger partial charge in [0.25, 0.3) is 5.91 Å². The molecule has 0 atom stereocenters. The largest absolute Gasteiger partial charge is 0.465 e. The summed E-state index contributed by atoms with van der Waals surface area (Å²) in [5, 5.41) is 1.96. The van der Waals surface area contributed by atoms with E-state index in [4.69, 9.17) is 4.74 Å². The monoisotopic (exact) mass is 261 g/mol. The summed E-state index contributed by atoms with van der Waals surface area (Å²) in [5.41, 5.74) is 3.89. The summed E-state index contributed by atoms with van der Waals surface area (Å²) >= 11 is 0. The van der Waals surface area contributed by atoms with Crippen LogP contribution >= 0.6 is 0 Å². The van der Waals surface area contributed by atoms with Crippen molar-refractivity contribution in [2.24, 2.45) is 0 Å². The van der Waals surface area contributed by atoms with Gasteiger partial charge in [0.2, 0.25) is 0 Å². The predicted octanol–water partition coefficient (Wildman–Crippen LogP) is 1.16. The van der Waals surface area contributed by atoms with Crippen molar-refractivity contribution in [1.82, 2.24) is 15.4 Å². The fourth-order valence-corrected chi connectivity index (χ4v) is 1.89. The summed E-state index contributed by atoms with van der Waals surface area (Å²) < 4.78 is 4.76. The molecule has 0 bridgehead atoms. The molecule has 0 fully saturated rings. The zero-order chi connectivity index (χ0) is 14.0. The zero-order valence-corrected chi connectivity index (χ0v) is 11.0. The quantitative estimate of drug-likeness (QED) is 0.642. The van der Waals surface area contributed by atoms with Gasteiger partial charge in [-0.3, -0.25) is 9.80 Å². The van der Waals surface area contributed by atoms with Crippen molar-refractivity contribution in [3.8, 4) is 0 Å². The van der Waals surface area contributed by atoms with Gasteiger partial charge in [-0.15, -0.1) is 0 Å². The first-order valence-corrected chi connectivity index (χ1v) is 5.74. The number of aromatic nitrogens is 1. The number of fused-ring (bicyclic) bond motifs is 1. The molecule has 6 nitrogen and oxygen atoms in total. The third-order valence-corrected chi connectivity index (χ3v) is 2.95. The summed E-state index contributed by atoms with van der Waals surface area (Å²) in [6, 6.07) is 7.21. The molecule has 0 spiro atoms. The number of H-pyrrole nitrogens is 1. The first-order chi connectivity index (χ1) is 9.10. The fourth-order valence-electron chi connectivity index (χ4n) is 1.89. The Labute approximate surface area is 110 Å². The second-order valence-corrected chi connectivity index (χ2v) is 4.00. The average molecular weight is 261 g/mol. The minimum atomic E-state index is -0.537. The van der Waals surface area contributed by atoms with Gasteiger partial charge in [0.05, 0.1) is 12.7 Å². The van der Waals surface area contributed by atoms with E-state index in [0.717, 1.165) is 5.52 Å². The van der Waals surface area contributed by atoms with E-state index in [0.29, 0.717) is 5.39 Å². The molecule has 1 heterocycles. The molecule has 0 unspecified atom stereocenters. The molecule has 0 saturated heterocycles. The number of hydrogen-bond acceptors (Lipinski definition) is 4. The Kier molecular flexibility index (Phi) is 3.52. The van der Waals surface area contributed by atoms with Crippen LogP contribution in [0.4, 0.5) is 0 Å². The van der Waals surface area contributed by atoms with Crippen LogP contribution in [0.25, 0.3) is 10.9 Å². The smallest absolute Gasteiger partial charge is 0.340 e. The Hall–Kier alpha value is -2.34. The molecule has 0 aliphatic carbocycles. The number of aromatic amines is 1. The van der Waals surface area contributed by atoms with Crippen LogP contribution < -0.4 is 5.43 Å². The molecule has 19 heavy (non-hydrogen) atoms. The Morgan fingerprint density at radius 2 is 2.00 bits per heavy atom. The highest BCUT2D eigenvalue weighted by Gasteiger charge is 2.25. The lowest BCUT2D eigenvalue weighted by molar-refractivity contribution is 0.0590. The van der Waals surface area contributed by atoms with E-state index in [9.17, 15) is 9.59 Å². The van der Waals surface area contributed by atoms with Crippen molar-refractivity contribution in [3.63, 3.8) is 0 Å². The number of ether oxygens (including phenoxy) is 1. The number of amides is 1. The van der Waals surface area contributed by atoms with Gasteiger partial charge in [-0.1, -0.05) is 18.2 Å². The molecule has 1 amide bonds. The summed E-state index contributed by atoms with van der Waals surface area (Å²) in [4.78, 5) is 27.1. The number of carbonyl (C=O) groups is 2. The predicted molar refractivity (Wildman–Crippen MR) is 70.8 cm³/mol. The molecule has 2 N–H and O–H groups in total. The maximum absolute atomic E-state index is 12.2. The zero-order valence-electron chi connectivity index (χ0n) is 11.0. The molecule has 100 valence electrons. The van der Waals surface area contributed by atoms with E-state index in [1.54, 1.807) is 32.3 Å². The number of rotatable bonds is 3. The molecule has 0 saturated carbocycles. The number of carbonyl (C=O) groups excluding carboxylic acids is 2.